The number of nitrogens with one attached hydrogen (secondary N) is 1. The second-order valence-electron chi connectivity index (χ2n) is 3.16. The van der Waals surface area contributed by atoms with Gasteiger partial charge in [0.1, 0.15) is 5.41 Å². The molecule has 0 aliphatic rings. The normalized spacial score (nSPS) is 16.1. The Hall–Kier alpha value is -1.48. The molecule has 0 aliphatic carbocycles. The zero-order valence-electron chi connectivity index (χ0n) is 8.22. The van der Waals surface area contributed by atoms with E-state index in [1.165, 1.54) is 0 Å². The lowest BCUT2D eigenvalue weighted by atomic mass is 9.88. The first-order valence-corrected chi connectivity index (χ1v) is 4.18. The van der Waals surface area contributed by atoms with E-state index in [9.17, 15) is 4.79 Å². The van der Waals surface area contributed by atoms with Gasteiger partial charge in [0.2, 0.25) is 5.91 Å². The van der Waals surface area contributed by atoms with Crippen LogP contribution in [0, 0.1) is 29.1 Å². The number of nitriles is 1. The lowest BCUT2D eigenvalue weighted by molar-refractivity contribution is -0.127. The SMILES string of the molecule is C#CC(C)NC(=O)C(C)(C#N)CC. The Kier molecular flexibility index (Phi) is 4.01. The fourth-order valence-electron chi connectivity index (χ4n) is 0.688. The second-order valence-corrected chi connectivity index (χ2v) is 3.16. The molecule has 0 aromatic rings. The van der Waals surface area contributed by atoms with Crippen LogP contribution in [-0.2, 0) is 4.79 Å². The molecule has 1 amide bonds. The Bertz CT molecular complexity index is 272. The van der Waals surface area contributed by atoms with Crippen LogP contribution >= 0.6 is 0 Å². The first-order valence-electron chi connectivity index (χ1n) is 4.18. The van der Waals surface area contributed by atoms with Gasteiger partial charge < -0.3 is 5.32 Å². The molecule has 0 aliphatic heterocycles. The van der Waals surface area contributed by atoms with Crippen LogP contribution in [0.25, 0.3) is 0 Å². The van der Waals surface area contributed by atoms with Crippen LogP contribution in [0.15, 0.2) is 0 Å². The van der Waals surface area contributed by atoms with Crippen LogP contribution in [0.2, 0.25) is 0 Å². The summed E-state index contributed by atoms with van der Waals surface area (Å²) in [7, 11) is 0. The average Bonchev–Trinajstić information content (AvgIpc) is 2.16. The highest BCUT2D eigenvalue weighted by atomic mass is 16.2. The van der Waals surface area contributed by atoms with E-state index in [4.69, 9.17) is 11.7 Å². The minimum Gasteiger partial charge on any atom is -0.341 e. The molecule has 0 aromatic carbocycles. The molecule has 0 saturated heterocycles. The lowest BCUT2D eigenvalue weighted by Crippen LogP contribution is -2.41. The van der Waals surface area contributed by atoms with E-state index in [0.29, 0.717) is 6.42 Å². The van der Waals surface area contributed by atoms with Crippen molar-refractivity contribution in [2.45, 2.75) is 33.2 Å². The van der Waals surface area contributed by atoms with Gasteiger partial charge in [-0.1, -0.05) is 12.8 Å². The third-order valence-corrected chi connectivity index (χ3v) is 2.05. The summed E-state index contributed by atoms with van der Waals surface area (Å²) < 4.78 is 0. The third kappa shape index (κ3) is 2.80. The van der Waals surface area contributed by atoms with Gasteiger partial charge in [0.15, 0.2) is 0 Å². The summed E-state index contributed by atoms with van der Waals surface area (Å²) >= 11 is 0. The predicted octanol–water partition coefficient (Wildman–Crippen LogP) is 1.06. The largest absolute Gasteiger partial charge is 0.341 e. The maximum atomic E-state index is 11.5. The number of terminal acetylenes is 1. The van der Waals surface area contributed by atoms with E-state index < -0.39 is 5.41 Å². The van der Waals surface area contributed by atoms with Gasteiger partial charge in [-0.3, -0.25) is 4.79 Å². The Labute approximate surface area is 79.1 Å². The van der Waals surface area contributed by atoms with Gasteiger partial charge in [-0.15, -0.1) is 6.42 Å². The molecule has 0 spiro atoms. The van der Waals surface area contributed by atoms with E-state index in [2.05, 4.69) is 11.2 Å². The highest BCUT2D eigenvalue weighted by molar-refractivity contribution is 5.85. The van der Waals surface area contributed by atoms with Crippen molar-refractivity contribution in [3.63, 3.8) is 0 Å². The monoisotopic (exact) mass is 178 g/mol. The van der Waals surface area contributed by atoms with Crippen LogP contribution in [0.1, 0.15) is 27.2 Å². The summed E-state index contributed by atoms with van der Waals surface area (Å²) in [5.41, 5.74) is -0.967. The first kappa shape index (κ1) is 11.5. The standard InChI is InChI=1S/C10H14N2O/c1-5-8(3)12-9(13)10(4,6-2)7-11/h1,8H,6H2,2-4H3,(H,12,13). The van der Waals surface area contributed by atoms with E-state index in [-0.39, 0.29) is 11.9 Å². The molecule has 0 radical (unpaired) electrons. The number of amides is 1. The Morgan fingerprint density at radius 2 is 2.31 bits per heavy atom. The number of hydrogen-bond acceptors (Lipinski definition) is 2. The summed E-state index contributed by atoms with van der Waals surface area (Å²) in [4.78, 5) is 11.5. The molecule has 0 heterocycles. The molecule has 0 rings (SSSR count). The number of carbonyl (C=O) groups excluding carboxylic acids is 1. The minimum atomic E-state index is -0.967. The zero-order valence-corrected chi connectivity index (χ0v) is 8.22. The molecule has 3 heteroatoms. The van der Waals surface area contributed by atoms with E-state index >= 15 is 0 Å². The summed E-state index contributed by atoms with van der Waals surface area (Å²) in [6.07, 6.45) is 5.58. The van der Waals surface area contributed by atoms with Crippen LogP contribution in [0.4, 0.5) is 0 Å². The summed E-state index contributed by atoms with van der Waals surface area (Å²) in [6.45, 7) is 5.10. The summed E-state index contributed by atoms with van der Waals surface area (Å²) in [5.74, 6) is 2.07. The molecule has 2 atom stereocenters. The number of nitrogens with zero attached hydrogens (tertiary/aromatic N) is 1. The van der Waals surface area contributed by atoms with E-state index in [1.807, 2.05) is 6.07 Å². The second kappa shape index (κ2) is 4.52. The van der Waals surface area contributed by atoms with Crippen molar-refractivity contribution in [1.82, 2.24) is 5.32 Å². The quantitative estimate of drug-likeness (QED) is 0.657. The lowest BCUT2D eigenvalue weighted by Gasteiger charge is -2.19. The summed E-state index contributed by atoms with van der Waals surface area (Å²) in [6, 6.07) is 1.65. The zero-order chi connectivity index (χ0) is 10.5. The molecular formula is C10H14N2O. The van der Waals surface area contributed by atoms with Gasteiger partial charge in [0.05, 0.1) is 12.1 Å². The Morgan fingerprint density at radius 1 is 1.77 bits per heavy atom. The fraction of sp³-hybridized carbons (Fsp3) is 0.600. The molecule has 0 aromatic heterocycles. The molecule has 1 N–H and O–H groups in total. The van der Waals surface area contributed by atoms with E-state index in [1.54, 1.807) is 20.8 Å². The third-order valence-electron chi connectivity index (χ3n) is 2.05. The van der Waals surface area contributed by atoms with Gasteiger partial charge >= 0.3 is 0 Å². The van der Waals surface area contributed by atoms with Crippen molar-refractivity contribution in [3.05, 3.63) is 0 Å². The topological polar surface area (TPSA) is 52.9 Å². The van der Waals surface area contributed by atoms with Gasteiger partial charge in [-0.25, -0.2) is 0 Å². The minimum absolute atomic E-state index is 0.303. The Morgan fingerprint density at radius 3 is 2.62 bits per heavy atom. The van der Waals surface area contributed by atoms with E-state index in [0.717, 1.165) is 0 Å². The van der Waals surface area contributed by atoms with Gasteiger partial charge in [0, 0.05) is 0 Å². The molecule has 3 nitrogen and oxygen atoms in total. The smallest absolute Gasteiger partial charge is 0.241 e. The highest BCUT2D eigenvalue weighted by Crippen LogP contribution is 2.19. The summed E-state index contributed by atoms with van der Waals surface area (Å²) in [5, 5.41) is 11.4. The molecular weight excluding hydrogens is 164 g/mol. The van der Waals surface area contributed by atoms with Gasteiger partial charge in [-0.05, 0) is 20.3 Å². The van der Waals surface area contributed by atoms with Crippen molar-refractivity contribution in [2.75, 3.05) is 0 Å². The van der Waals surface area contributed by atoms with Crippen LogP contribution in [0.3, 0.4) is 0 Å². The highest BCUT2D eigenvalue weighted by Gasteiger charge is 2.31. The fourth-order valence-corrected chi connectivity index (χ4v) is 0.688. The van der Waals surface area contributed by atoms with Gasteiger partial charge in [0.25, 0.3) is 0 Å². The first-order chi connectivity index (χ1) is 6.00. The maximum Gasteiger partial charge on any atom is 0.241 e. The number of hydrogen-bond donors (Lipinski definition) is 1. The average molecular weight is 178 g/mol. The van der Waals surface area contributed by atoms with Gasteiger partial charge in [-0.2, -0.15) is 5.26 Å². The van der Waals surface area contributed by atoms with Crippen LogP contribution in [0.5, 0.6) is 0 Å². The van der Waals surface area contributed by atoms with Crippen LogP contribution < -0.4 is 5.32 Å². The van der Waals surface area contributed by atoms with Crippen LogP contribution in [-0.4, -0.2) is 11.9 Å². The number of carbonyl (C=O) groups is 1. The molecule has 0 saturated carbocycles. The maximum absolute atomic E-state index is 11.5. The predicted molar refractivity (Wildman–Crippen MR) is 50.4 cm³/mol. The van der Waals surface area contributed by atoms with Crippen molar-refractivity contribution < 1.29 is 4.79 Å². The molecule has 2 unspecified atom stereocenters. The van der Waals surface area contributed by atoms with Crippen molar-refractivity contribution in [2.24, 2.45) is 5.41 Å². The molecule has 0 fully saturated rings. The molecule has 70 valence electrons. The van der Waals surface area contributed by atoms with Crippen molar-refractivity contribution in [1.29, 1.82) is 5.26 Å². The van der Waals surface area contributed by atoms with Crippen molar-refractivity contribution in [3.8, 4) is 18.4 Å². The van der Waals surface area contributed by atoms with Crippen molar-refractivity contribution >= 4 is 5.91 Å². The number of rotatable bonds is 3. The molecule has 0 bridgehead atoms. The Balaban J connectivity index is 4.45. The molecule has 13 heavy (non-hydrogen) atoms.